The van der Waals surface area contributed by atoms with Crippen LogP contribution >= 0.6 is 0 Å². The summed E-state index contributed by atoms with van der Waals surface area (Å²) in [5.74, 6) is -0.201. The number of nitrogens with one attached hydrogen (secondary N) is 2. The van der Waals surface area contributed by atoms with Crippen LogP contribution in [0.3, 0.4) is 0 Å². The summed E-state index contributed by atoms with van der Waals surface area (Å²) in [5.41, 5.74) is -0.293. The zero-order valence-electron chi connectivity index (χ0n) is 22.0. The summed E-state index contributed by atoms with van der Waals surface area (Å²) in [4.78, 5) is 50.3. The van der Waals surface area contributed by atoms with E-state index in [1.807, 2.05) is 25.7 Å². The molecular formula is C27H43N5O3. The van der Waals surface area contributed by atoms with E-state index < -0.39 is 23.4 Å². The number of rotatable bonds is 8. The maximum atomic E-state index is 13.7. The number of aromatic nitrogens is 2. The van der Waals surface area contributed by atoms with Gasteiger partial charge >= 0.3 is 0 Å². The molecule has 2 aliphatic rings. The Morgan fingerprint density at radius 3 is 2.43 bits per heavy atom. The minimum atomic E-state index is -0.716. The molecule has 8 nitrogen and oxygen atoms in total. The molecular weight excluding hydrogens is 442 g/mol. The van der Waals surface area contributed by atoms with E-state index in [-0.39, 0.29) is 29.5 Å². The molecule has 1 saturated heterocycles. The second kappa shape index (κ2) is 12.0. The van der Waals surface area contributed by atoms with Gasteiger partial charge in [-0.25, -0.2) is 4.98 Å². The zero-order chi connectivity index (χ0) is 25.6. The minimum Gasteiger partial charge on any atom is -0.342 e. The molecule has 1 aromatic rings. The number of carbonyl (C=O) groups is 3. The first-order chi connectivity index (χ1) is 16.6. The summed E-state index contributed by atoms with van der Waals surface area (Å²) in [6.07, 6.45) is 12.5. The Hall–Kier alpha value is -2.51. The van der Waals surface area contributed by atoms with Gasteiger partial charge in [-0.15, -0.1) is 0 Å². The van der Waals surface area contributed by atoms with E-state index in [0.717, 1.165) is 57.9 Å². The molecule has 1 aromatic heterocycles. The summed E-state index contributed by atoms with van der Waals surface area (Å²) < 4.78 is 0. The Bertz CT molecular complexity index is 863. The molecule has 4 atom stereocenters. The first-order valence-electron chi connectivity index (χ1n) is 13.3. The fraction of sp³-hybridized carbons (Fsp3) is 0.741. The average Bonchev–Trinajstić information content (AvgIpc) is 3.20. The number of carbonyl (C=O) groups excluding carboxylic acids is 3. The second-order valence-electron chi connectivity index (χ2n) is 11.5. The lowest BCUT2D eigenvalue weighted by Gasteiger charge is -2.37. The van der Waals surface area contributed by atoms with Crippen LogP contribution in [0.4, 0.5) is 0 Å². The monoisotopic (exact) mass is 485 g/mol. The third kappa shape index (κ3) is 7.01. The third-order valence-electron chi connectivity index (χ3n) is 7.53. The molecule has 35 heavy (non-hydrogen) atoms. The molecule has 3 rings (SSSR count). The molecule has 2 N–H and O–H groups in total. The van der Waals surface area contributed by atoms with E-state index in [1.54, 1.807) is 0 Å². The van der Waals surface area contributed by atoms with Gasteiger partial charge in [-0.05, 0) is 49.9 Å². The Kier molecular flexibility index (Phi) is 9.25. The summed E-state index contributed by atoms with van der Waals surface area (Å²) >= 11 is 0. The van der Waals surface area contributed by atoms with E-state index in [2.05, 4.69) is 34.4 Å². The Labute approximate surface area is 210 Å². The Balaban J connectivity index is 1.79. The van der Waals surface area contributed by atoms with Gasteiger partial charge in [0.1, 0.15) is 17.8 Å². The molecule has 2 heterocycles. The molecule has 1 saturated carbocycles. The lowest BCUT2D eigenvalue weighted by atomic mass is 9.82. The first kappa shape index (κ1) is 27.1. The first-order valence-corrected chi connectivity index (χ1v) is 13.3. The lowest BCUT2D eigenvalue weighted by Crippen LogP contribution is -2.60. The number of nitrogens with zero attached hydrogens (tertiary/aromatic N) is 3. The highest BCUT2D eigenvalue weighted by Crippen LogP contribution is 2.31. The van der Waals surface area contributed by atoms with Crippen LogP contribution in [0, 0.1) is 17.3 Å². The van der Waals surface area contributed by atoms with Crippen molar-refractivity contribution in [1.82, 2.24) is 25.5 Å². The van der Waals surface area contributed by atoms with Crippen molar-refractivity contribution in [2.24, 2.45) is 17.3 Å². The fourth-order valence-corrected chi connectivity index (χ4v) is 5.61. The highest BCUT2D eigenvalue weighted by molar-refractivity contribution is 5.97. The number of amides is 3. The third-order valence-corrected chi connectivity index (χ3v) is 7.53. The van der Waals surface area contributed by atoms with Gasteiger partial charge < -0.3 is 15.5 Å². The molecule has 3 amide bonds. The van der Waals surface area contributed by atoms with E-state index in [0.29, 0.717) is 5.92 Å². The van der Waals surface area contributed by atoms with Gasteiger partial charge in [0.05, 0.1) is 6.20 Å². The summed E-state index contributed by atoms with van der Waals surface area (Å²) in [5, 5.41) is 6.00. The molecule has 0 bridgehead atoms. The topological polar surface area (TPSA) is 104 Å². The summed E-state index contributed by atoms with van der Waals surface area (Å²) in [6, 6.07) is -1.23. The maximum Gasteiger partial charge on any atom is 0.272 e. The van der Waals surface area contributed by atoms with Crippen LogP contribution < -0.4 is 10.6 Å². The van der Waals surface area contributed by atoms with Gasteiger partial charge in [-0.2, -0.15) is 0 Å². The fourth-order valence-electron chi connectivity index (χ4n) is 5.61. The molecule has 0 radical (unpaired) electrons. The number of likely N-dealkylation sites (tertiary alicyclic amines) is 1. The number of hydrogen-bond donors (Lipinski definition) is 2. The molecule has 194 valence electrons. The van der Waals surface area contributed by atoms with Gasteiger partial charge in [0.2, 0.25) is 11.8 Å². The van der Waals surface area contributed by atoms with Crippen molar-refractivity contribution in [1.29, 1.82) is 0 Å². The Morgan fingerprint density at radius 2 is 1.83 bits per heavy atom. The SMILES string of the molecule is CCCC1CC(C)N(C(=O)C(NC(=O)C(NC(=O)c2cnccn2)C2CCCCC2)C(C)(C)C)C1. The minimum absolute atomic E-state index is 0.0275. The lowest BCUT2D eigenvalue weighted by molar-refractivity contribution is -0.140. The van der Waals surface area contributed by atoms with E-state index in [1.165, 1.54) is 18.6 Å². The van der Waals surface area contributed by atoms with Crippen molar-refractivity contribution in [3.63, 3.8) is 0 Å². The highest BCUT2D eigenvalue weighted by atomic mass is 16.2. The molecule has 1 aliphatic carbocycles. The van der Waals surface area contributed by atoms with Crippen LogP contribution in [-0.2, 0) is 9.59 Å². The van der Waals surface area contributed by atoms with Gasteiger partial charge in [0.25, 0.3) is 5.91 Å². The predicted molar refractivity (Wildman–Crippen MR) is 135 cm³/mol. The van der Waals surface area contributed by atoms with Crippen molar-refractivity contribution in [2.75, 3.05) is 6.54 Å². The Morgan fingerprint density at radius 1 is 1.11 bits per heavy atom. The quantitative estimate of drug-likeness (QED) is 0.584. The van der Waals surface area contributed by atoms with Crippen molar-refractivity contribution >= 4 is 17.7 Å². The van der Waals surface area contributed by atoms with Crippen molar-refractivity contribution in [3.8, 4) is 0 Å². The predicted octanol–water partition coefficient (Wildman–Crippen LogP) is 3.72. The molecule has 2 fully saturated rings. The average molecular weight is 486 g/mol. The van der Waals surface area contributed by atoms with Gasteiger partial charge in [-0.3, -0.25) is 19.4 Å². The smallest absolute Gasteiger partial charge is 0.272 e. The van der Waals surface area contributed by atoms with Gasteiger partial charge in [0, 0.05) is 25.0 Å². The van der Waals surface area contributed by atoms with Crippen LogP contribution in [0.5, 0.6) is 0 Å². The van der Waals surface area contributed by atoms with Gasteiger partial charge in [0.15, 0.2) is 0 Å². The molecule has 1 aliphatic heterocycles. The summed E-state index contributed by atoms with van der Waals surface area (Å²) in [6.45, 7) is 11.0. The maximum absolute atomic E-state index is 13.7. The van der Waals surface area contributed by atoms with Crippen LogP contribution in [-0.4, -0.2) is 57.3 Å². The van der Waals surface area contributed by atoms with Crippen LogP contribution in [0.2, 0.25) is 0 Å². The highest BCUT2D eigenvalue weighted by Gasteiger charge is 2.42. The van der Waals surface area contributed by atoms with Crippen molar-refractivity contribution in [3.05, 3.63) is 24.3 Å². The molecule has 0 spiro atoms. The standard InChI is InChI=1S/C27H43N5O3/c1-6-10-19-15-18(2)32(17-19)26(35)23(27(3,4)5)31-25(34)22(20-11-8-7-9-12-20)30-24(33)21-16-28-13-14-29-21/h13-14,16,18-20,22-23H,6-12,15,17H2,1-5H3,(H,30,33)(H,31,34). The number of hydrogen-bond acceptors (Lipinski definition) is 5. The largest absolute Gasteiger partial charge is 0.342 e. The van der Waals surface area contributed by atoms with Crippen LogP contribution in [0.25, 0.3) is 0 Å². The van der Waals surface area contributed by atoms with Crippen LogP contribution in [0.1, 0.15) is 96.5 Å². The normalized spacial score (nSPS) is 22.9. The second-order valence-corrected chi connectivity index (χ2v) is 11.5. The van der Waals surface area contributed by atoms with Crippen molar-refractivity contribution < 1.29 is 14.4 Å². The van der Waals surface area contributed by atoms with E-state index >= 15 is 0 Å². The van der Waals surface area contributed by atoms with E-state index in [9.17, 15) is 14.4 Å². The van der Waals surface area contributed by atoms with E-state index in [4.69, 9.17) is 0 Å². The molecule has 8 heteroatoms. The van der Waals surface area contributed by atoms with Gasteiger partial charge in [-0.1, -0.05) is 53.4 Å². The molecule has 0 aromatic carbocycles. The summed E-state index contributed by atoms with van der Waals surface area (Å²) in [7, 11) is 0. The van der Waals surface area contributed by atoms with Crippen molar-refractivity contribution in [2.45, 2.75) is 104 Å². The van der Waals surface area contributed by atoms with Crippen LogP contribution in [0.15, 0.2) is 18.6 Å². The molecule has 4 unspecified atom stereocenters. The zero-order valence-corrected chi connectivity index (χ0v) is 22.0.